The zero-order valence-electron chi connectivity index (χ0n) is 21.7. The minimum absolute atomic E-state index is 0.0259. The second-order valence-electron chi connectivity index (χ2n) is 13.1. The van der Waals surface area contributed by atoms with Crippen LogP contribution in [0.2, 0.25) is 0 Å². The molecule has 0 radical (unpaired) electrons. The molecule has 3 saturated carbocycles. The molecule has 0 aromatic rings. The zero-order chi connectivity index (χ0) is 24.0. The van der Waals surface area contributed by atoms with Gasteiger partial charge < -0.3 is 5.11 Å². The standard InChI is InChI=1S/C30H46N2O/c1-19(2)7-6-8-20(3)25-9-10-26-28-24(21(17-31)18-32)16-22-15-23(33)11-13-29(22,4)27(28)12-14-30(25,26)5/h16,19-21,23-28,33H,6-15H2,1-5H3/t20-,23+,24-,25-,26+,27+,28+,29+,30-/m1/s1. The summed E-state index contributed by atoms with van der Waals surface area (Å²) in [4.78, 5) is 0. The molecule has 3 fully saturated rings. The average molecular weight is 451 g/mol. The van der Waals surface area contributed by atoms with Gasteiger partial charge in [-0.25, -0.2) is 0 Å². The third-order valence-electron chi connectivity index (χ3n) is 11.0. The van der Waals surface area contributed by atoms with Crippen molar-refractivity contribution in [1.29, 1.82) is 10.5 Å². The van der Waals surface area contributed by atoms with E-state index in [0.29, 0.717) is 23.2 Å². The fourth-order valence-corrected chi connectivity index (χ4v) is 9.26. The van der Waals surface area contributed by atoms with Gasteiger partial charge in [-0.1, -0.05) is 65.5 Å². The van der Waals surface area contributed by atoms with Crippen LogP contribution in [0.4, 0.5) is 0 Å². The lowest BCUT2D eigenvalue weighted by Crippen LogP contribution is -2.54. The maximum absolute atomic E-state index is 10.4. The molecule has 0 aromatic heterocycles. The normalized spacial score (nSPS) is 43.2. The van der Waals surface area contributed by atoms with Gasteiger partial charge in [0.05, 0.1) is 18.2 Å². The van der Waals surface area contributed by atoms with E-state index in [9.17, 15) is 15.6 Å². The molecular weight excluding hydrogens is 404 g/mol. The Morgan fingerprint density at radius 1 is 1.00 bits per heavy atom. The van der Waals surface area contributed by atoms with E-state index in [1.165, 1.54) is 50.5 Å². The van der Waals surface area contributed by atoms with Gasteiger partial charge in [-0.05, 0) is 91.3 Å². The Labute approximate surface area is 202 Å². The molecule has 0 unspecified atom stereocenters. The molecule has 33 heavy (non-hydrogen) atoms. The third-order valence-corrected chi connectivity index (χ3v) is 11.0. The van der Waals surface area contributed by atoms with E-state index in [2.05, 4.69) is 52.8 Å². The molecule has 4 aliphatic rings. The highest BCUT2D eigenvalue weighted by molar-refractivity contribution is 5.30. The van der Waals surface area contributed by atoms with Crippen molar-refractivity contribution >= 4 is 0 Å². The molecule has 4 rings (SSSR count). The smallest absolute Gasteiger partial charge is 0.139 e. The summed E-state index contributed by atoms with van der Waals surface area (Å²) in [6.07, 6.45) is 13.8. The Morgan fingerprint density at radius 2 is 1.73 bits per heavy atom. The predicted octanol–water partition coefficient (Wildman–Crippen LogP) is 7.28. The molecule has 9 atom stereocenters. The molecular formula is C30H46N2O. The molecule has 3 heteroatoms. The first-order chi connectivity index (χ1) is 15.7. The van der Waals surface area contributed by atoms with E-state index in [0.717, 1.165) is 37.0 Å². The Bertz CT molecular complexity index is 819. The quantitative estimate of drug-likeness (QED) is 0.432. The van der Waals surface area contributed by atoms with Crippen LogP contribution in [0.5, 0.6) is 0 Å². The highest BCUT2D eigenvalue weighted by Crippen LogP contribution is 2.68. The van der Waals surface area contributed by atoms with E-state index in [1.807, 2.05) is 0 Å². The number of rotatable bonds is 6. The summed E-state index contributed by atoms with van der Waals surface area (Å²) in [5.74, 6) is 3.36. The lowest BCUT2D eigenvalue weighted by molar-refractivity contribution is -0.0787. The van der Waals surface area contributed by atoms with Crippen molar-refractivity contribution in [3.63, 3.8) is 0 Å². The summed E-state index contributed by atoms with van der Waals surface area (Å²) >= 11 is 0. The molecule has 3 nitrogen and oxygen atoms in total. The van der Waals surface area contributed by atoms with Gasteiger partial charge in [0.1, 0.15) is 5.92 Å². The minimum atomic E-state index is -0.571. The lowest BCUT2D eigenvalue weighted by atomic mass is 9.44. The Morgan fingerprint density at radius 3 is 2.39 bits per heavy atom. The van der Waals surface area contributed by atoms with Crippen molar-refractivity contribution in [3.8, 4) is 12.1 Å². The minimum Gasteiger partial charge on any atom is -0.393 e. The summed E-state index contributed by atoms with van der Waals surface area (Å²) in [6, 6.07) is 4.74. The lowest BCUT2D eigenvalue weighted by Gasteiger charge is -2.60. The number of nitriles is 2. The van der Waals surface area contributed by atoms with Crippen LogP contribution in [0.15, 0.2) is 11.6 Å². The van der Waals surface area contributed by atoms with Gasteiger partial charge in [0.25, 0.3) is 0 Å². The molecule has 0 saturated heterocycles. The summed E-state index contributed by atoms with van der Waals surface area (Å²) in [7, 11) is 0. The second-order valence-corrected chi connectivity index (χ2v) is 13.1. The van der Waals surface area contributed by atoms with Gasteiger partial charge in [0.15, 0.2) is 0 Å². The first kappa shape index (κ1) is 24.8. The van der Waals surface area contributed by atoms with Gasteiger partial charge in [-0.15, -0.1) is 0 Å². The average Bonchev–Trinajstić information content (AvgIpc) is 3.12. The molecule has 0 spiro atoms. The molecule has 182 valence electrons. The van der Waals surface area contributed by atoms with Crippen LogP contribution in [0.3, 0.4) is 0 Å². The van der Waals surface area contributed by atoms with Crippen molar-refractivity contribution in [1.82, 2.24) is 0 Å². The van der Waals surface area contributed by atoms with Crippen molar-refractivity contribution < 1.29 is 5.11 Å². The predicted molar refractivity (Wildman–Crippen MR) is 133 cm³/mol. The zero-order valence-corrected chi connectivity index (χ0v) is 21.7. The summed E-state index contributed by atoms with van der Waals surface area (Å²) < 4.78 is 0. The second kappa shape index (κ2) is 9.38. The first-order valence-corrected chi connectivity index (χ1v) is 13.8. The summed E-state index contributed by atoms with van der Waals surface area (Å²) in [5.41, 5.74) is 1.82. The van der Waals surface area contributed by atoms with Gasteiger partial charge in [-0.2, -0.15) is 10.5 Å². The van der Waals surface area contributed by atoms with E-state index in [4.69, 9.17) is 0 Å². The van der Waals surface area contributed by atoms with Crippen molar-refractivity contribution in [2.75, 3.05) is 0 Å². The number of hydrogen-bond acceptors (Lipinski definition) is 3. The molecule has 1 N–H and O–H groups in total. The topological polar surface area (TPSA) is 67.8 Å². The van der Waals surface area contributed by atoms with Crippen LogP contribution in [-0.4, -0.2) is 11.2 Å². The van der Waals surface area contributed by atoms with Crippen LogP contribution in [-0.2, 0) is 0 Å². The molecule has 0 bridgehead atoms. The highest BCUT2D eigenvalue weighted by Gasteiger charge is 2.61. The Hall–Kier alpha value is -1.32. The molecule has 0 aliphatic heterocycles. The van der Waals surface area contributed by atoms with Gasteiger partial charge in [0, 0.05) is 5.92 Å². The first-order valence-electron chi connectivity index (χ1n) is 13.8. The molecule has 0 aromatic carbocycles. The van der Waals surface area contributed by atoms with Crippen molar-refractivity contribution in [2.24, 2.45) is 58.2 Å². The largest absolute Gasteiger partial charge is 0.393 e. The monoisotopic (exact) mass is 450 g/mol. The van der Waals surface area contributed by atoms with E-state index in [-0.39, 0.29) is 17.4 Å². The van der Waals surface area contributed by atoms with E-state index >= 15 is 0 Å². The number of fused-ring (bicyclic) bond motifs is 5. The number of hydrogen-bond donors (Lipinski definition) is 1. The summed E-state index contributed by atoms with van der Waals surface area (Å²) in [6.45, 7) is 12.2. The van der Waals surface area contributed by atoms with Crippen LogP contribution in [0.1, 0.15) is 98.8 Å². The number of aliphatic hydroxyl groups excluding tert-OH is 1. The van der Waals surface area contributed by atoms with E-state index in [1.54, 1.807) is 0 Å². The van der Waals surface area contributed by atoms with Crippen LogP contribution < -0.4 is 0 Å². The van der Waals surface area contributed by atoms with Crippen LogP contribution in [0, 0.1) is 80.8 Å². The molecule has 0 heterocycles. The SMILES string of the molecule is CC(C)CCC[C@@H](C)[C@H]1CC[C@H]2[C@@H]3[C@@H](C(C#N)C#N)C=C4C[C@@H](O)CC[C@]4(C)[C@H]3CC[C@]12C. The fraction of sp³-hybridized carbons (Fsp3) is 0.867. The molecule has 0 amide bonds. The maximum Gasteiger partial charge on any atom is 0.139 e. The molecule has 4 aliphatic carbocycles. The van der Waals surface area contributed by atoms with Gasteiger partial charge >= 0.3 is 0 Å². The van der Waals surface area contributed by atoms with Gasteiger partial charge in [-0.3, -0.25) is 0 Å². The number of allylic oxidation sites excluding steroid dienone is 1. The van der Waals surface area contributed by atoms with Crippen molar-refractivity contribution in [3.05, 3.63) is 11.6 Å². The number of aliphatic hydroxyl groups is 1. The fourth-order valence-electron chi connectivity index (χ4n) is 9.26. The summed E-state index contributed by atoms with van der Waals surface area (Å²) in [5, 5.41) is 30.3. The third kappa shape index (κ3) is 4.18. The van der Waals surface area contributed by atoms with Crippen LogP contribution in [0.25, 0.3) is 0 Å². The van der Waals surface area contributed by atoms with Crippen molar-refractivity contribution in [2.45, 2.75) is 105 Å². The Kier molecular flexibility index (Phi) is 7.05. The van der Waals surface area contributed by atoms with Gasteiger partial charge in [0.2, 0.25) is 0 Å². The Balaban J connectivity index is 1.65. The maximum atomic E-state index is 10.4. The number of nitrogens with zero attached hydrogens (tertiary/aromatic N) is 2. The highest BCUT2D eigenvalue weighted by atomic mass is 16.3. The van der Waals surface area contributed by atoms with E-state index < -0.39 is 5.92 Å². The van der Waals surface area contributed by atoms with Crippen LogP contribution >= 0.6 is 0 Å².